The van der Waals surface area contributed by atoms with Crippen molar-refractivity contribution in [1.82, 2.24) is 9.88 Å². The SMILES string of the molecule is CN(C(=O)c1cccnc1OCC(F)(F)F)C1CCCCC1. The number of alkyl halides is 3. The molecule has 0 aromatic carbocycles. The molecule has 0 aliphatic heterocycles. The molecular formula is C15H19F3N2O2. The standard InChI is InChI=1S/C15H19F3N2O2/c1-20(11-6-3-2-4-7-11)14(21)12-8-5-9-19-13(12)22-10-15(16,17)18/h5,8-9,11H,2-4,6-7,10H2,1H3. The molecule has 4 nitrogen and oxygen atoms in total. The number of amides is 1. The summed E-state index contributed by atoms with van der Waals surface area (Å²) in [4.78, 5) is 17.9. The van der Waals surface area contributed by atoms with Gasteiger partial charge in [0.25, 0.3) is 5.91 Å². The third-order valence-corrected chi connectivity index (χ3v) is 3.82. The number of carbonyl (C=O) groups excluding carboxylic acids is 1. The second-order valence-corrected chi connectivity index (χ2v) is 5.47. The van der Waals surface area contributed by atoms with E-state index in [1.165, 1.54) is 18.3 Å². The second-order valence-electron chi connectivity index (χ2n) is 5.47. The van der Waals surface area contributed by atoms with Crippen molar-refractivity contribution in [3.05, 3.63) is 23.9 Å². The molecule has 1 aliphatic rings. The summed E-state index contributed by atoms with van der Waals surface area (Å²) in [5.41, 5.74) is 0.0693. The molecule has 0 N–H and O–H groups in total. The first-order valence-electron chi connectivity index (χ1n) is 7.30. The number of nitrogens with zero attached hydrogens (tertiary/aromatic N) is 2. The van der Waals surface area contributed by atoms with E-state index in [2.05, 4.69) is 9.72 Å². The van der Waals surface area contributed by atoms with Crippen LogP contribution in [0.4, 0.5) is 13.2 Å². The highest BCUT2D eigenvalue weighted by atomic mass is 19.4. The Hall–Kier alpha value is -1.79. The molecule has 1 heterocycles. The maximum absolute atomic E-state index is 12.5. The first-order valence-corrected chi connectivity index (χ1v) is 7.30. The fourth-order valence-corrected chi connectivity index (χ4v) is 2.64. The van der Waals surface area contributed by atoms with Crippen LogP contribution in [0, 0.1) is 0 Å². The minimum atomic E-state index is -4.47. The molecule has 0 unspecified atom stereocenters. The molecule has 0 saturated heterocycles. The predicted octanol–water partition coefficient (Wildman–Crippen LogP) is 3.43. The van der Waals surface area contributed by atoms with E-state index in [1.807, 2.05) is 0 Å². The topological polar surface area (TPSA) is 42.4 Å². The van der Waals surface area contributed by atoms with Crippen molar-refractivity contribution in [1.29, 1.82) is 0 Å². The van der Waals surface area contributed by atoms with Crippen molar-refractivity contribution in [3.8, 4) is 5.88 Å². The van der Waals surface area contributed by atoms with Gasteiger partial charge in [0.15, 0.2) is 6.61 Å². The van der Waals surface area contributed by atoms with Gasteiger partial charge in [-0.2, -0.15) is 13.2 Å². The van der Waals surface area contributed by atoms with Gasteiger partial charge in [-0.05, 0) is 25.0 Å². The lowest BCUT2D eigenvalue weighted by molar-refractivity contribution is -0.154. The van der Waals surface area contributed by atoms with Gasteiger partial charge in [-0.15, -0.1) is 0 Å². The Bertz CT molecular complexity index is 514. The Kier molecular flexibility index (Phi) is 5.26. The van der Waals surface area contributed by atoms with E-state index < -0.39 is 12.8 Å². The van der Waals surface area contributed by atoms with E-state index in [-0.39, 0.29) is 23.4 Å². The zero-order valence-corrected chi connectivity index (χ0v) is 12.4. The van der Waals surface area contributed by atoms with E-state index >= 15 is 0 Å². The van der Waals surface area contributed by atoms with Gasteiger partial charge in [0.1, 0.15) is 5.56 Å². The van der Waals surface area contributed by atoms with Gasteiger partial charge < -0.3 is 9.64 Å². The van der Waals surface area contributed by atoms with E-state index in [4.69, 9.17) is 0 Å². The lowest BCUT2D eigenvalue weighted by Gasteiger charge is -2.31. The first-order chi connectivity index (χ1) is 10.4. The number of halogens is 3. The molecule has 2 rings (SSSR count). The Balaban J connectivity index is 2.11. The molecule has 122 valence electrons. The highest BCUT2D eigenvalue weighted by Gasteiger charge is 2.30. The molecule has 0 bridgehead atoms. The maximum Gasteiger partial charge on any atom is 0.422 e. The second kappa shape index (κ2) is 6.98. The third-order valence-electron chi connectivity index (χ3n) is 3.82. The predicted molar refractivity (Wildman–Crippen MR) is 74.8 cm³/mol. The molecule has 1 aliphatic carbocycles. The van der Waals surface area contributed by atoms with Crippen LogP contribution >= 0.6 is 0 Å². The van der Waals surface area contributed by atoms with Gasteiger partial charge in [-0.3, -0.25) is 4.79 Å². The Morgan fingerprint density at radius 2 is 2.05 bits per heavy atom. The number of carbonyl (C=O) groups is 1. The Labute approximate surface area is 127 Å². The average Bonchev–Trinajstić information content (AvgIpc) is 2.52. The molecule has 0 radical (unpaired) electrons. The quantitative estimate of drug-likeness (QED) is 0.854. The van der Waals surface area contributed by atoms with Crippen LogP contribution in [-0.2, 0) is 0 Å². The van der Waals surface area contributed by atoms with Gasteiger partial charge in [0.05, 0.1) is 0 Å². The van der Waals surface area contributed by atoms with E-state index in [1.54, 1.807) is 11.9 Å². The van der Waals surface area contributed by atoms with Crippen molar-refractivity contribution in [2.45, 2.75) is 44.3 Å². The molecular weight excluding hydrogens is 297 g/mol. The van der Waals surface area contributed by atoms with Crippen LogP contribution in [0.1, 0.15) is 42.5 Å². The maximum atomic E-state index is 12.5. The molecule has 0 atom stereocenters. The highest BCUT2D eigenvalue weighted by Crippen LogP contribution is 2.25. The summed E-state index contributed by atoms with van der Waals surface area (Å²) in [5, 5.41) is 0. The van der Waals surface area contributed by atoms with Gasteiger partial charge in [0, 0.05) is 19.3 Å². The van der Waals surface area contributed by atoms with Crippen LogP contribution in [0.3, 0.4) is 0 Å². The Morgan fingerprint density at radius 1 is 1.36 bits per heavy atom. The van der Waals surface area contributed by atoms with Crippen LogP contribution in [0.15, 0.2) is 18.3 Å². The number of hydrogen-bond acceptors (Lipinski definition) is 3. The normalized spacial score (nSPS) is 16.4. The molecule has 22 heavy (non-hydrogen) atoms. The van der Waals surface area contributed by atoms with E-state index in [0.717, 1.165) is 32.1 Å². The minimum Gasteiger partial charge on any atom is -0.467 e. The molecule has 1 fully saturated rings. The van der Waals surface area contributed by atoms with Crippen LogP contribution in [0.2, 0.25) is 0 Å². The zero-order chi connectivity index (χ0) is 16.2. The van der Waals surface area contributed by atoms with Gasteiger partial charge in [-0.1, -0.05) is 19.3 Å². The highest BCUT2D eigenvalue weighted by molar-refractivity contribution is 5.96. The van der Waals surface area contributed by atoms with Gasteiger partial charge in [-0.25, -0.2) is 4.98 Å². The van der Waals surface area contributed by atoms with Crippen molar-refractivity contribution in [2.75, 3.05) is 13.7 Å². The smallest absolute Gasteiger partial charge is 0.422 e. The molecule has 0 spiro atoms. The zero-order valence-electron chi connectivity index (χ0n) is 12.4. The van der Waals surface area contributed by atoms with Crippen molar-refractivity contribution in [2.24, 2.45) is 0 Å². The summed E-state index contributed by atoms with van der Waals surface area (Å²) in [7, 11) is 1.68. The molecule has 1 aromatic heterocycles. The lowest BCUT2D eigenvalue weighted by Crippen LogP contribution is -2.38. The number of aromatic nitrogens is 1. The molecule has 1 aromatic rings. The molecule has 1 amide bonds. The largest absolute Gasteiger partial charge is 0.467 e. The molecule has 1 saturated carbocycles. The minimum absolute atomic E-state index is 0.0693. The average molecular weight is 316 g/mol. The number of rotatable bonds is 4. The van der Waals surface area contributed by atoms with Crippen LogP contribution < -0.4 is 4.74 Å². The lowest BCUT2D eigenvalue weighted by atomic mass is 9.94. The summed E-state index contributed by atoms with van der Waals surface area (Å²) in [5.74, 6) is -0.621. The van der Waals surface area contributed by atoms with Crippen molar-refractivity contribution < 1.29 is 22.7 Å². The summed E-state index contributed by atoms with van der Waals surface area (Å²) in [6, 6.07) is 3.08. The van der Waals surface area contributed by atoms with Gasteiger partial charge >= 0.3 is 6.18 Å². The van der Waals surface area contributed by atoms with Crippen molar-refractivity contribution >= 4 is 5.91 Å². The summed E-state index contributed by atoms with van der Waals surface area (Å²) in [6.45, 7) is -1.46. The van der Waals surface area contributed by atoms with E-state index in [9.17, 15) is 18.0 Å². The summed E-state index contributed by atoms with van der Waals surface area (Å²) < 4.78 is 41.5. The Morgan fingerprint density at radius 3 is 2.68 bits per heavy atom. The summed E-state index contributed by atoms with van der Waals surface area (Å²) in [6.07, 6.45) is 1.96. The number of pyridine rings is 1. The van der Waals surface area contributed by atoms with Crippen molar-refractivity contribution in [3.63, 3.8) is 0 Å². The van der Waals surface area contributed by atoms with Crippen LogP contribution in [0.25, 0.3) is 0 Å². The third kappa shape index (κ3) is 4.35. The van der Waals surface area contributed by atoms with Crippen LogP contribution in [-0.4, -0.2) is 41.7 Å². The van der Waals surface area contributed by atoms with E-state index in [0.29, 0.717) is 0 Å². The van der Waals surface area contributed by atoms with Gasteiger partial charge in [0.2, 0.25) is 5.88 Å². The fourth-order valence-electron chi connectivity index (χ4n) is 2.64. The first kappa shape index (κ1) is 16.6. The number of hydrogen-bond donors (Lipinski definition) is 0. The summed E-state index contributed by atoms with van der Waals surface area (Å²) >= 11 is 0. The fraction of sp³-hybridized carbons (Fsp3) is 0.600. The van der Waals surface area contributed by atoms with Crippen LogP contribution in [0.5, 0.6) is 5.88 Å². The molecule has 7 heteroatoms. The monoisotopic (exact) mass is 316 g/mol. The number of ether oxygens (including phenoxy) is 1.